The Kier molecular flexibility index (Phi) is 7.80. The number of ether oxygens (including phenoxy) is 1. The van der Waals surface area contributed by atoms with E-state index in [9.17, 15) is 19.9 Å². The van der Waals surface area contributed by atoms with Crippen LogP contribution in [0, 0.1) is 0 Å². The lowest BCUT2D eigenvalue weighted by atomic mass is 9.97. The molecule has 0 saturated carbocycles. The number of aliphatic hydroxyl groups excluding tert-OH is 1. The molecule has 0 bridgehead atoms. The van der Waals surface area contributed by atoms with Gasteiger partial charge in [-0.25, -0.2) is 4.79 Å². The Morgan fingerprint density at radius 2 is 1.94 bits per heavy atom. The second-order valence-electron chi connectivity index (χ2n) is 7.11. The van der Waals surface area contributed by atoms with Crippen LogP contribution in [0.5, 0.6) is 0 Å². The number of esters is 1. The number of halogens is 1. The Morgan fingerprint density at radius 1 is 1.19 bits per heavy atom. The summed E-state index contributed by atoms with van der Waals surface area (Å²) in [6.07, 6.45) is -0.0767. The van der Waals surface area contributed by atoms with Crippen LogP contribution in [0.25, 0.3) is 11.1 Å². The summed E-state index contributed by atoms with van der Waals surface area (Å²) in [6.45, 7) is 1.78. The highest BCUT2D eigenvalue weighted by molar-refractivity contribution is 6.30. The van der Waals surface area contributed by atoms with Crippen LogP contribution in [0.3, 0.4) is 0 Å². The fraction of sp³-hybridized carbons (Fsp3) is 0.273. The molecule has 2 atom stereocenters. The monoisotopic (exact) mass is 458 g/mol. The van der Waals surface area contributed by atoms with Crippen LogP contribution in [0.4, 0.5) is 0 Å². The lowest BCUT2D eigenvalue weighted by Gasteiger charge is -2.21. The quantitative estimate of drug-likeness (QED) is 0.332. The van der Waals surface area contributed by atoms with Gasteiger partial charge in [0.25, 0.3) is 5.91 Å². The predicted octanol–water partition coefficient (Wildman–Crippen LogP) is 2.49. The Balaban J connectivity index is 1.74. The summed E-state index contributed by atoms with van der Waals surface area (Å²) >= 11 is 6.06. The largest absolute Gasteiger partial charge is 0.464 e. The first-order valence-corrected chi connectivity index (χ1v) is 10.4. The minimum absolute atomic E-state index is 0.0616. The molecule has 3 N–H and O–H groups in total. The molecule has 0 spiro atoms. The van der Waals surface area contributed by atoms with Gasteiger partial charge in [-0.1, -0.05) is 52.8 Å². The second-order valence-corrected chi connectivity index (χ2v) is 7.55. The lowest BCUT2D eigenvalue weighted by Crippen LogP contribution is -2.41. The van der Waals surface area contributed by atoms with Crippen LogP contribution in [-0.4, -0.2) is 56.1 Å². The number of hydrogen-bond acceptors (Lipinski definition) is 7. The fourth-order valence-electron chi connectivity index (χ4n) is 3.20. The van der Waals surface area contributed by atoms with Gasteiger partial charge in [0.1, 0.15) is 0 Å². The normalized spacial score (nSPS) is 12.7. The fourth-order valence-corrected chi connectivity index (χ4v) is 3.39. The van der Waals surface area contributed by atoms with Crippen molar-refractivity contribution in [2.45, 2.75) is 31.9 Å². The van der Waals surface area contributed by atoms with E-state index in [2.05, 4.69) is 15.6 Å². The minimum atomic E-state index is -1.40. The first kappa shape index (κ1) is 23.2. The highest BCUT2D eigenvalue weighted by Gasteiger charge is 2.24. The number of rotatable bonds is 9. The third-order valence-electron chi connectivity index (χ3n) is 4.71. The van der Waals surface area contributed by atoms with E-state index in [4.69, 9.17) is 16.3 Å². The molecule has 0 saturated heterocycles. The summed E-state index contributed by atoms with van der Waals surface area (Å²) in [5.74, 6) is -1.36. The highest BCUT2D eigenvalue weighted by atomic mass is 35.5. The molecule has 10 heteroatoms. The zero-order valence-electron chi connectivity index (χ0n) is 17.3. The molecule has 3 aromatic rings. The van der Waals surface area contributed by atoms with Crippen molar-refractivity contribution in [1.29, 1.82) is 0 Å². The Bertz CT molecular complexity index is 1070. The number of nitrogens with zero attached hydrogens (tertiary/aromatic N) is 3. The van der Waals surface area contributed by atoms with Crippen LogP contribution in [-0.2, 0) is 16.0 Å². The number of carbonyl (C=O) groups excluding carboxylic acids is 2. The van der Waals surface area contributed by atoms with Crippen LogP contribution in [0.15, 0.2) is 54.7 Å². The van der Waals surface area contributed by atoms with Crippen molar-refractivity contribution in [1.82, 2.24) is 20.5 Å². The highest BCUT2D eigenvalue weighted by Crippen LogP contribution is 2.23. The van der Waals surface area contributed by atoms with Gasteiger partial charge >= 0.3 is 5.97 Å². The Morgan fingerprint density at radius 3 is 2.56 bits per heavy atom. The summed E-state index contributed by atoms with van der Waals surface area (Å²) in [6, 6.07) is 14.5. The van der Waals surface area contributed by atoms with Crippen molar-refractivity contribution in [3.05, 3.63) is 71.0 Å². The van der Waals surface area contributed by atoms with Crippen molar-refractivity contribution >= 4 is 23.5 Å². The maximum atomic E-state index is 12.5. The Hall–Kier alpha value is -3.43. The van der Waals surface area contributed by atoms with Gasteiger partial charge in [0.2, 0.25) is 0 Å². The lowest BCUT2D eigenvalue weighted by molar-refractivity contribution is -0.153. The third kappa shape index (κ3) is 6.29. The minimum Gasteiger partial charge on any atom is -0.464 e. The van der Waals surface area contributed by atoms with E-state index >= 15 is 0 Å². The average Bonchev–Trinajstić information content (AvgIpc) is 3.21. The molecule has 1 aromatic heterocycles. The van der Waals surface area contributed by atoms with E-state index in [1.165, 1.54) is 0 Å². The topological polar surface area (TPSA) is 127 Å². The molecule has 0 fully saturated rings. The molecule has 0 radical (unpaired) electrons. The van der Waals surface area contributed by atoms with Gasteiger partial charge in [0, 0.05) is 17.5 Å². The molecule has 2 aromatic carbocycles. The number of aromatic nitrogens is 3. The van der Waals surface area contributed by atoms with E-state index in [0.29, 0.717) is 16.3 Å². The van der Waals surface area contributed by atoms with Gasteiger partial charge in [0.15, 0.2) is 11.8 Å². The maximum absolute atomic E-state index is 12.5. The van der Waals surface area contributed by atoms with E-state index in [-0.39, 0.29) is 18.7 Å². The number of nitrogens with one attached hydrogen (secondary N) is 1. The standard InChI is InChI=1S/C22H23ClN4O5/c1-2-32-22(30)20(28)12-18(24-21(29)19-13-27(31)26-25-19)10-14-6-8-15(9-7-14)16-4-3-5-17(23)11-16/h3-9,11,13,18,20,28,31H,2,10,12H2,1H3,(H,24,29). The van der Waals surface area contributed by atoms with Gasteiger partial charge < -0.3 is 20.4 Å². The van der Waals surface area contributed by atoms with Crippen molar-refractivity contribution in [3.8, 4) is 11.1 Å². The molecule has 0 aliphatic rings. The number of carbonyl (C=O) groups is 2. The number of amides is 1. The zero-order valence-corrected chi connectivity index (χ0v) is 18.1. The van der Waals surface area contributed by atoms with Crippen LogP contribution >= 0.6 is 11.6 Å². The molecular formula is C22H23ClN4O5. The molecule has 1 amide bonds. The molecule has 3 rings (SSSR count). The summed E-state index contributed by atoms with van der Waals surface area (Å²) in [5.41, 5.74) is 2.73. The summed E-state index contributed by atoms with van der Waals surface area (Å²) < 4.78 is 4.85. The smallest absolute Gasteiger partial charge is 0.335 e. The molecule has 0 aliphatic carbocycles. The molecule has 9 nitrogen and oxygen atoms in total. The van der Waals surface area contributed by atoms with E-state index in [0.717, 1.165) is 22.9 Å². The molecule has 2 unspecified atom stereocenters. The van der Waals surface area contributed by atoms with Gasteiger partial charge in [0.05, 0.1) is 12.8 Å². The maximum Gasteiger partial charge on any atom is 0.335 e. The average molecular weight is 459 g/mol. The number of aliphatic hydroxyl groups is 1. The summed E-state index contributed by atoms with van der Waals surface area (Å²) in [5, 5.41) is 29.7. The predicted molar refractivity (Wildman–Crippen MR) is 116 cm³/mol. The van der Waals surface area contributed by atoms with Crippen LogP contribution in [0.2, 0.25) is 5.02 Å². The molecular weight excluding hydrogens is 436 g/mol. The van der Waals surface area contributed by atoms with E-state index in [1.807, 2.05) is 42.5 Å². The van der Waals surface area contributed by atoms with Crippen LogP contribution < -0.4 is 5.32 Å². The van der Waals surface area contributed by atoms with Crippen molar-refractivity contribution in [2.24, 2.45) is 0 Å². The number of hydrogen-bond donors (Lipinski definition) is 3. The molecule has 32 heavy (non-hydrogen) atoms. The zero-order chi connectivity index (χ0) is 23.1. The van der Waals surface area contributed by atoms with E-state index < -0.39 is 24.0 Å². The molecule has 1 heterocycles. The Labute approximate surface area is 189 Å². The van der Waals surface area contributed by atoms with Gasteiger partial charge in [-0.2, -0.15) is 0 Å². The summed E-state index contributed by atoms with van der Waals surface area (Å²) in [7, 11) is 0. The first-order valence-electron chi connectivity index (χ1n) is 9.97. The van der Waals surface area contributed by atoms with Gasteiger partial charge in [-0.15, -0.1) is 5.10 Å². The first-order chi connectivity index (χ1) is 15.4. The van der Waals surface area contributed by atoms with Crippen molar-refractivity contribution in [3.63, 3.8) is 0 Å². The van der Waals surface area contributed by atoms with Crippen molar-refractivity contribution < 1.29 is 24.6 Å². The van der Waals surface area contributed by atoms with Gasteiger partial charge in [-0.3, -0.25) is 4.79 Å². The third-order valence-corrected chi connectivity index (χ3v) is 4.95. The van der Waals surface area contributed by atoms with E-state index in [1.54, 1.807) is 13.0 Å². The SMILES string of the molecule is CCOC(=O)C(O)CC(Cc1ccc(-c2cccc(Cl)c2)cc1)NC(=O)c1cn(O)nn1. The summed E-state index contributed by atoms with van der Waals surface area (Å²) in [4.78, 5) is 24.7. The van der Waals surface area contributed by atoms with Gasteiger partial charge in [-0.05, 0) is 47.4 Å². The van der Waals surface area contributed by atoms with Crippen molar-refractivity contribution in [2.75, 3.05) is 6.61 Å². The molecule has 168 valence electrons. The molecule has 0 aliphatic heterocycles. The number of benzene rings is 2. The van der Waals surface area contributed by atoms with Crippen LogP contribution in [0.1, 0.15) is 29.4 Å². The second kappa shape index (κ2) is 10.7.